The van der Waals surface area contributed by atoms with Crippen LogP contribution in [-0.4, -0.2) is 35.4 Å². The smallest absolute Gasteiger partial charge is 0.272 e. The van der Waals surface area contributed by atoms with E-state index in [0.29, 0.717) is 5.69 Å². The van der Waals surface area contributed by atoms with Crippen LogP contribution in [0, 0.1) is 0 Å². The summed E-state index contributed by atoms with van der Waals surface area (Å²) in [4.78, 5) is 18.0. The van der Waals surface area contributed by atoms with E-state index in [1.54, 1.807) is 6.20 Å². The molecule has 0 aromatic carbocycles. The molecule has 4 nitrogen and oxygen atoms in total. The second kappa shape index (κ2) is 4.96. The van der Waals surface area contributed by atoms with Crippen molar-refractivity contribution in [2.75, 3.05) is 25.0 Å². The van der Waals surface area contributed by atoms with Crippen molar-refractivity contribution in [3.05, 3.63) is 24.0 Å². The van der Waals surface area contributed by atoms with Gasteiger partial charge in [-0.3, -0.25) is 9.78 Å². The van der Waals surface area contributed by atoms with Crippen LogP contribution in [0.5, 0.6) is 0 Å². The maximum absolute atomic E-state index is 12.0. The van der Waals surface area contributed by atoms with Gasteiger partial charge in [-0.15, -0.1) is 0 Å². The minimum atomic E-state index is 0.0530. The largest absolute Gasteiger partial charge is 0.385 e. The second-order valence-electron chi connectivity index (χ2n) is 3.96. The number of carbonyl (C=O) groups is 1. The van der Waals surface area contributed by atoms with Crippen molar-refractivity contribution in [2.45, 2.75) is 19.8 Å². The summed E-state index contributed by atoms with van der Waals surface area (Å²) in [6, 6.07) is 3.70. The zero-order valence-corrected chi connectivity index (χ0v) is 9.57. The molecule has 1 fully saturated rings. The predicted octanol–water partition coefficient (Wildman–Crippen LogP) is 1.75. The molecule has 1 aliphatic rings. The molecule has 4 heteroatoms. The normalized spacial score (nSPS) is 15.2. The summed E-state index contributed by atoms with van der Waals surface area (Å²) < 4.78 is 0. The Labute approximate surface area is 95.7 Å². The summed E-state index contributed by atoms with van der Waals surface area (Å²) in [7, 11) is 0. The molecule has 16 heavy (non-hydrogen) atoms. The average molecular weight is 219 g/mol. The van der Waals surface area contributed by atoms with Gasteiger partial charge in [0.1, 0.15) is 5.69 Å². The second-order valence-corrected chi connectivity index (χ2v) is 3.96. The van der Waals surface area contributed by atoms with Gasteiger partial charge in [-0.25, -0.2) is 0 Å². The highest BCUT2D eigenvalue weighted by molar-refractivity contribution is 5.93. The van der Waals surface area contributed by atoms with Gasteiger partial charge in [0.05, 0.1) is 0 Å². The number of hydrogen-bond acceptors (Lipinski definition) is 3. The number of aromatic nitrogens is 1. The molecule has 0 saturated carbocycles. The first kappa shape index (κ1) is 10.9. The van der Waals surface area contributed by atoms with Gasteiger partial charge in [0.25, 0.3) is 5.91 Å². The molecule has 86 valence electrons. The van der Waals surface area contributed by atoms with E-state index in [9.17, 15) is 4.79 Å². The van der Waals surface area contributed by atoms with Gasteiger partial charge < -0.3 is 10.2 Å². The number of pyridine rings is 1. The zero-order valence-electron chi connectivity index (χ0n) is 9.57. The van der Waals surface area contributed by atoms with Crippen LogP contribution in [0.3, 0.4) is 0 Å². The molecule has 0 atom stereocenters. The standard InChI is InChI=1S/C12H17N3O/c1-2-13-10-5-6-14-11(9-10)12(16)15-7-3-4-8-15/h5-6,9H,2-4,7-8H2,1H3,(H,13,14). The number of anilines is 1. The van der Waals surface area contributed by atoms with Crippen molar-refractivity contribution < 1.29 is 4.79 Å². The number of nitrogens with one attached hydrogen (secondary N) is 1. The molecule has 1 N–H and O–H groups in total. The van der Waals surface area contributed by atoms with Crippen LogP contribution in [0.4, 0.5) is 5.69 Å². The SMILES string of the molecule is CCNc1ccnc(C(=O)N2CCCC2)c1. The Balaban J connectivity index is 2.12. The Morgan fingerprint density at radius 1 is 1.50 bits per heavy atom. The third-order valence-electron chi connectivity index (χ3n) is 2.75. The Kier molecular flexibility index (Phi) is 3.39. The Bertz CT molecular complexity index is 372. The van der Waals surface area contributed by atoms with E-state index in [4.69, 9.17) is 0 Å². The first-order chi connectivity index (χ1) is 7.81. The van der Waals surface area contributed by atoms with E-state index in [0.717, 1.165) is 38.2 Å². The molecule has 2 rings (SSSR count). The number of hydrogen-bond donors (Lipinski definition) is 1. The van der Waals surface area contributed by atoms with Crippen LogP contribution < -0.4 is 5.32 Å². The third-order valence-corrected chi connectivity index (χ3v) is 2.75. The molecule has 1 amide bonds. The fourth-order valence-electron chi connectivity index (χ4n) is 1.94. The number of nitrogens with zero attached hydrogens (tertiary/aromatic N) is 2. The van der Waals surface area contributed by atoms with Crippen LogP contribution in [0.25, 0.3) is 0 Å². The molecule has 0 bridgehead atoms. The van der Waals surface area contributed by atoms with Gasteiger partial charge in [-0.05, 0) is 31.9 Å². The van der Waals surface area contributed by atoms with Gasteiger partial charge in [0.2, 0.25) is 0 Å². The van der Waals surface area contributed by atoms with Crippen molar-refractivity contribution in [3.63, 3.8) is 0 Å². The molecule has 0 aliphatic carbocycles. The highest BCUT2D eigenvalue weighted by Gasteiger charge is 2.20. The van der Waals surface area contributed by atoms with Crippen molar-refractivity contribution in [1.82, 2.24) is 9.88 Å². The molecular formula is C12H17N3O. The van der Waals surface area contributed by atoms with E-state index in [-0.39, 0.29) is 5.91 Å². The van der Waals surface area contributed by atoms with E-state index in [1.165, 1.54) is 0 Å². The lowest BCUT2D eigenvalue weighted by molar-refractivity contribution is 0.0787. The summed E-state index contributed by atoms with van der Waals surface area (Å²) in [6.07, 6.45) is 3.90. The van der Waals surface area contributed by atoms with Crippen molar-refractivity contribution in [2.24, 2.45) is 0 Å². The summed E-state index contributed by atoms with van der Waals surface area (Å²) in [5.41, 5.74) is 1.50. The molecule has 1 saturated heterocycles. The number of rotatable bonds is 3. The highest BCUT2D eigenvalue weighted by Crippen LogP contribution is 2.14. The minimum absolute atomic E-state index is 0.0530. The summed E-state index contributed by atoms with van der Waals surface area (Å²) in [5, 5.41) is 3.18. The fraction of sp³-hybridized carbons (Fsp3) is 0.500. The number of carbonyl (C=O) groups excluding carboxylic acids is 1. The first-order valence-electron chi connectivity index (χ1n) is 5.80. The Morgan fingerprint density at radius 2 is 2.25 bits per heavy atom. The Hall–Kier alpha value is -1.58. The first-order valence-corrected chi connectivity index (χ1v) is 5.80. The van der Waals surface area contributed by atoms with Crippen molar-refractivity contribution in [3.8, 4) is 0 Å². The van der Waals surface area contributed by atoms with Crippen LogP contribution in [-0.2, 0) is 0 Å². The lowest BCUT2D eigenvalue weighted by Gasteiger charge is -2.14. The summed E-state index contributed by atoms with van der Waals surface area (Å²) in [6.45, 7) is 4.61. The maximum Gasteiger partial charge on any atom is 0.272 e. The van der Waals surface area contributed by atoms with Crippen molar-refractivity contribution >= 4 is 11.6 Å². The van der Waals surface area contributed by atoms with E-state index >= 15 is 0 Å². The van der Waals surface area contributed by atoms with E-state index < -0.39 is 0 Å². The molecular weight excluding hydrogens is 202 g/mol. The molecule has 1 aromatic rings. The van der Waals surface area contributed by atoms with Crippen molar-refractivity contribution in [1.29, 1.82) is 0 Å². The van der Waals surface area contributed by atoms with Gasteiger partial charge in [0.15, 0.2) is 0 Å². The van der Waals surface area contributed by atoms with Gasteiger partial charge >= 0.3 is 0 Å². The molecule has 0 radical (unpaired) electrons. The predicted molar refractivity (Wildman–Crippen MR) is 63.5 cm³/mol. The maximum atomic E-state index is 12.0. The van der Waals surface area contributed by atoms with Crippen LogP contribution in [0.1, 0.15) is 30.3 Å². The number of likely N-dealkylation sites (tertiary alicyclic amines) is 1. The molecule has 0 spiro atoms. The van der Waals surface area contributed by atoms with E-state index in [2.05, 4.69) is 10.3 Å². The monoisotopic (exact) mass is 219 g/mol. The molecule has 0 unspecified atom stereocenters. The third kappa shape index (κ3) is 2.32. The van der Waals surface area contributed by atoms with Crippen LogP contribution in [0.2, 0.25) is 0 Å². The summed E-state index contributed by atoms with van der Waals surface area (Å²) in [5.74, 6) is 0.0530. The van der Waals surface area contributed by atoms with Gasteiger partial charge in [-0.1, -0.05) is 0 Å². The quantitative estimate of drug-likeness (QED) is 0.842. The van der Waals surface area contributed by atoms with Crippen LogP contribution >= 0.6 is 0 Å². The lowest BCUT2D eigenvalue weighted by Crippen LogP contribution is -2.28. The molecule has 1 aromatic heterocycles. The number of amides is 1. The topological polar surface area (TPSA) is 45.2 Å². The minimum Gasteiger partial charge on any atom is -0.385 e. The molecule has 2 heterocycles. The zero-order chi connectivity index (χ0) is 11.4. The van der Waals surface area contributed by atoms with Gasteiger partial charge in [0, 0.05) is 31.5 Å². The summed E-state index contributed by atoms with van der Waals surface area (Å²) >= 11 is 0. The van der Waals surface area contributed by atoms with E-state index in [1.807, 2.05) is 24.0 Å². The Morgan fingerprint density at radius 3 is 2.94 bits per heavy atom. The highest BCUT2D eigenvalue weighted by atomic mass is 16.2. The van der Waals surface area contributed by atoms with Crippen LogP contribution in [0.15, 0.2) is 18.3 Å². The van der Waals surface area contributed by atoms with Gasteiger partial charge in [-0.2, -0.15) is 0 Å². The molecule has 1 aliphatic heterocycles. The average Bonchev–Trinajstić information content (AvgIpc) is 2.82. The lowest BCUT2D eigenvalue weighted by atomic mass is 10.3. The fourth-order valence-corrected chi connectivity index (χ4v) is 1.94.